The number of hydrogen-bond acceptors (Lipinski definition) is 3. The lowest BCUT2D eigenvalue weighted by molar-refractivity contribution is 0.177. The van der Waals surface area contributed by atoms with Crippen molar-refractivity contribution < 1.29 is 4.74 Å². The molecule has 0 unspecified atom stereocenters. The van der Waals surface area contributed by atoms with Gasteiger partial charge in [-0.15, -0.1) is 0 Å². The molecule has 2 aromatic rings. The normalized spacial score (nSPS) is 11.8. The Morgan fingerprint density at radius 3 is 1.68 bits per heavy atom. The molecule has 0 aliphatic rings. The van der Waals surface area contributed by atoms with Crippen molar-refractivity contribution in [3.8, 4) is 0 Å². The van der Waals surface area contributed by atoms with Crippen LogP contribution in [0.1, 0.15) is 0 Å². The summed E-state index contributed by atoms with van der Waals surface area (Å²) < 4.78 is 6.28. The summed E-state index contributed by atoms with van der Waals surface area (Å²) in [6.45, 7) is 8.01. The molecule has 0 aliphatic heterocycles. The van der Waals surface area contributed by atoms with Gasteiger partial charge in [0.25, 0.3) is 0 Å². The van der Waals surface area contributed by atoms with Crippen molar-refractivity contribution in [1.29, 1.82) is 0 Å². The van der Waals surface area contributed by atoms with Crippen LogP contribution in [0.15, 0.2) is 70.5 Å². The summed E-state index contributed by atoms with van der Waals surface area (Å²) in [7, 11) is -1.05. The lowest BCUT2D eigenvalue weighted by Crippen LogP contribution is -2.22. The second kappa shape index (κ2) is 8.82. The lowest BCUT2D eigenvalue weighted by atomic mass is 10.4. The molecule has 0 saturated carbocycles. The third-order valence-electron chi connectivity index (χ3n) is 3.06. The molecule has 4 heteroatoms. The van der Waals surface area contributed by atoms with E-state index in [2.05, 4.69) is 80.3 Å². The molecule has 22 heavy (non-hydrogen) atoms. The standard InChI is InChI=1S/C18H24OS2Si/c1-22(2,3)15-14-19-18(20-16-10-6-4-7-11-16)21-17-12-8-5-9-13-17/h4-13,18H,14-15H2,1-3H3. The molecule has 2 rings (SSSR count). The average Bonchev–Trinajstić information content (AvgIpc) is 2.48. The van der Waals surface area contributed by atoms with Crippen molar-refractivity contribution in [1.82, 2.24) is 0 Å². The highest BCUT2D eigenvalue weighted by atomic mass is 32.2. The molecular weight excluding hydrogens is 324 g/mol. The van der Waals surface area contributed by atoms with Crippen molar-refractivity contribution in [3.05, 3.63) is 60.7 Å². The summed E-state index contributed by atoms with van der Waals surface area (Å²) in [4.78, 5) is 2.51. The predicted molar refractivity (Wildman–Crippen MR) is 102 cm³/mol. The summed E-state index contributed by atoms with van der Waals surface area (Å²) in [5.74, 6) is 0. The Morgan fingerprint density at radius 1 is 0.818 bits per heavy atom. The number of hydrogen-bond donors (Lipinski definition) is 0. The van der Waals surface area contributed by atoms with Crippen LogP contribution in [0.5, 0.6) is 0 Å². The molecule has 0 N–H and O–H groups in total. The zero-order valence-electron chi connectivity index (χ0n) is 13.5. The molecule has 0 saturated heterocycles. The summed E-state index contributed by atoms with van der Waals surface area (Å²) in [6, 6.07) is 22.2. The summed E-state index contributed by atoms with van der Waals surface area (Å²) >= 11 is 3.58. The van der Waals surface area contributed by atoms with Gasteiger partial charge in [0.1, 0.15) is 0 Å². The molecule has 1 nitrogen and oxygen atoms in total. The number of thioether (sulfide) groups is 2. The van der Waals surface area contributed by atoms with Gasteiger partial charge in [0, 0.05) is 24.5 Å². The number of benzene rings is 2. The van der Waals surface area contributed by atoms with Crippen LogP contribution in [0.25, 0.3) is 0 Å². The van der Waals surface area contributed by atoms with Crippen molar-refractivity contribution in [2.75, 3.05) is 6.61 Å². The van der Waals surface area contributed by atoms with E-state index in [1.165, 1.54) is 15.8 Å². The summed E-state index contributed by atoms with van der Waals surface area (Å²) in [5.41, 5.74) is 0. The molecule has 0 amide bonds. The first-order chi connectivity index (χ1) is 10.5. The molecule has 0 bridgehead atoms. The van der Waals surface area contributed by atoms with E-state index in [-0.39, 0.29) is 4.77 Å². The smallest absolute Gasteiger partial charge is 0.158 e. The van der Waals surface area contributed by atoms with Gasteiger partial charge in [-0.1, -0.05) is 79.6 Å². The van der Waals surface area contributed by atoms with Crippen molar-refractivity contribution in [3.63, 3.8) is 0 Å². The quantitative estimate of drug-likeness (QED) is 0.319. The van der Waals surface area contributed by atoms with Crippen LogP contribution in [-0.2, 0) is 4.74 Å². The van der Waals surface area contributed by atoms with Gasteiger partial charge in [-0.05, 0) is 30.3 Å². The fourth-order valence-electron chi connectivity index (χ4n) is 1.77. The Hall–Kier alpha value is -0.683. The maximum atomic E-state index is 6.19. The first-order valence-electron chi connectivity index (χ1n) is 7.58. The van der Waals surface area contributed by atoms with E-state index in [1.54, 1.807) is 23.5 Å². The second-order valence-corrected chi connectivity index (χ2v) is 14.5. The molecule has 0 aliphatic carbocycles. The Kier molecular flexibility index (Phi) is 7.08. The monoisotopic (exact) mass is 348 g/mol. The molecular formula is C18H24OS2Si. The van der Waals surface area contributed by atoms with E-state index < -0.39 is 8.07 Å². The average molecular weight is 349 g/mol. The minimum absolute atomic E-state index is 0.0983. The van der Waals surface area contributed by atoms with E-state index in [0.29, 0.717) is 0 Å². The Labute approximate surface area is 143 Å². The van der Waals surface area contributed by atoms with Crippen LogP contribution < -0.4 is 0 Å². The topological polar surface area (TPSA) is 9.23 Å². The summed E-state index contributed by atoms with van der Waals surface area (Å²) in [6.07, 6.45) is 0. The fraction of sp³-hybridized carbons (Fsp3) is 0.333. The van der Waals surface area contributed by atoms with Crippen LogP contribution in [0.4, 0.5) is 0 Å². The number of rotatable bonds is 8. The SMILES string of the molecule is C[Si](C)(C)CCOC(Sc1ccccc1)Sc1ccccc1. The van der Waals surface area contributed by atoms with Gasteiger partial charge in [-0.3, -0.25) is 0 Å². The molecule has 0 fully saturated rings. The Balaban J connectivity index is 1.97. The van der Waals surface area contributed by atoms with Crippen LogP contribution >= 0.6 is 23.5 Å². The maximum Gasteiger partial charge on any atom is 0.158 e. The molecule has 118 valence electrons. The number of ether oxygens (including phenoxy) is 1. The molecule has 0 spiro atoms. The van der Waals surface area contributed by atoms with E-state index in [9.17, 15) is 0 Å². The first kappa shape index (κ1) is 17.7. The highest BCUT2D eigenvalue weighted by Crippen LogP contribution is 2.36. The van der Waals surface area contributed by atoms with Crippen LogP contribution in [0.2, 0.25) is 25.7 Å². The van der Waals surface area contributed by atoms with Crippen LogP contribution in [-0.4, -0.2) is 19.4 Å². The van der Waals surface area contributed by atoms with Crippen molar-refractivity contribution in [2.24, 2.45) is 0 Å². The minimum Gasteiger partial charge on any atom is -0.357 e. The molecule has 0 radical (unpaired) electrons. The van der Waals surface area contributed by atoms with E-state index in [1.807, 2.05) is 0 Å². The zero-order chi connectivity index (χ0) is 15.8. The third-order valence-corrected chi connectivity index (χ3v) is 7.08. The van der Waals surface area contributed by atoms with E-state index >= 15 is 0 Å². The van der Waals surface area contributed by atoms with Crippen LogP contribution in [0, 0.1) is 0 Å². The molecule has 0 aromatic heterocycles. The van der Waals surface area contributed by atoms with Gasteiger partial charge in [0.05, 0.1) is 0 Å². The third kappa shape index (κ3) is 7.05. The van der Waals surface area contributed by atoms with Crippen molar-refractivity contribution in [2.45, 2.75) is 40.2 Å². The van der Waals surface area contributed by atoms with Gasteiger partial charge >= 0.3 is 0 Å². The Morgan fingerprint density at radius 2 is 1.27 bits per heavy atom. The van der Waals surface area contributed by atoms with E-state index in [4.69, 9.17) is 4.74 Å². The van der Waals surface area contributed by atoms with E-state index in [0.717, 1.165) is 6.61 Å². The highest BCUT2D eigenvalue weighted by molar-refractivity contribution is 8.16. The lowest BCUT2D eigenvalue weighted by Gasteiger charge is -2.20. The van der Waals surface area contributed by atoms with Gasteiger partial charge in [-0.25, -0.2) is 0 Å². The summed E-state index contributed by atoms with van der Waals surface area (Å²) in [5, 5.41) is 0. The fourth-order valence-corrected chi connectivity index (χ4v) is 4.76. The Bertz CT molecular complexity index is 499. The van der Waals surface area contributed by atoms with Crippen molar-refractivity contribution >= 4 is 31.6 Å². The largest absolute Gasteiger partial charge is 0.357 e. The molecule has 0 heterocycles. The second-order valence-electron chi connectivity index (χ2n) is 6.33. The van der Waals surface area contributed by atoms with Crippen LogP contribution in [0.3, 0.4) is 0 Å². The zero-order valence-corrected chi connectivity index (χ0v) is 16.1. The van der Waals surface area contributed by atoms with Gasteiger partial charge in [-0.2, -0.15) is 0 Å². The van der Waals surface area contributed by atoms with Gasteiger partial charge < -0.3 is 4.74 Å². The molecule has 2 aromatic carbocycles. The predicted octanol–water partition coefficient (Wildman–Crippen LogP) is 6.21. The highest BCUT2D eigenvalue weighted by Gasteiger charge is 2.17. The maximum absolute atomic E-state index is 6.19. The minimum atomic E-state index is -1.05. The molecule has 0 atom stereocenters. The van der Waals surface area contributed by atoms with Gasteiger partial charge in [0.2, 0.25) is 0 Å². The first-order valence-corrected chi connectivity index (χ1v) is 13.0. The van der Waals surface area contributed by atoms with Gasteiger partial charge in [0.15, 0.2) is 4.77 Å².